The average Bonchev–Trinajstić information content (AvgIpc) is 3.23. The standard InChI is InChI=1S/C29H31NO4S/c1-3-21(8-7-20(2)34-18-17-30-15-5-4-6-16-30)28(33)27-25-14-13-24(32)19-26(25)35-29(27)22-9-11-23(31)12-10-22/h3,7-14,19,31-32H,1,4-6,15-18H2,2H3/b20-7+,21-8+. The summed E-state index contributed by atoms with van der Waals surface area (Å²) in [5.74, 6) is 0.896. The number of rotatable bonds is 9. The lowest BCUT2D eigenvalue weighted by atomic mass is 9.97. The van der Waals surface area contributed by atoms with Crippen molar-refractivity contribution >= 4 is 27.2 Å². The van der Waals surface area contributed by atoms with Gasteiger partial charge in [0.25, 0.3) is 0 Å². The van der Waals surface area contributed by atoms with Crippen molar-refractivity contribution in [3.8, 4) is 21.9 Å². The molecule has 5 nitrogen and oxygen atoms in total. The number of aromatic hydroxyl groups is 2. The summed E-state index contributed by atoms with van der Waals surface area (Å²) in [6.45, 7) is 9.56. The maximum absolute atomic E-state index is 13.7. The van der Waals surface area contributed by atoms with Gasteiger partial charge in [-0.3, -0.25) is 9.69 Å². The second-order valence-corrected chi connectivity index (χ2v) is 9.77. The topological polar surface area (TPSA) is 70.0 Å². The smallest absolute Gasteiger partial charge is 0.195 e. The van der Waals surface area contributed by atoms with E-state index in [1.807, 2.05) is 13.0 Å². The molecule has 0 bridgehead atoms. The van der Waals surface area contributed by atoms with Gasteiger partial charge in [0.1, 0.15) is 18.1 Å². The molecule has 1 saturated heterocycles. The molecule has 2 N–H and O–H groups in total. The quantitative estimate of drug-likeness (QED) is 0.152. The van der Waals surface area contributed by atoms with Crippen LogP contribution in [0, 0.1) is 0 Å². The maximum Gasteiger partial charge on any atom is 0.195 e. The Morgan fingerprint density at radius 2 is 1.77 bits per heavy atom. The summed E-state index contributed by atoms with van der Waals surface area (Å²) in [6, 6.07) is 11.8. The summed E-state index contributed by atoms with van der Waals surface area (Å²) in [7, 11) is 0. The van der Waals surface area contributed by atoms with Crippen molar-refractivity contribution in [3.05, 3.63) is 84.2 Å². The number of hydrogen-bond donors (Lipinski definition) is 2. The predicted molar refractivity (Wildman–Crippen MR) is 143 cm³/mol. The highest BCUT2D eigenvalue weighted by Gasteiger charge is 2.22. The molecule has 35 heavy (non-hydrogen) atoms. The minimum Gasteiger partial charge on any atom is -0.508 e. The zero-order valence-corrected chi connectivity index (χ0v) is 20.8. The van der Waals surface area contributed by atoms with Crippen LogP contribution >= 0.6 is 11.3 Å². The van der Waals surface area contributed by atoms with Gasteiger partial charge in [-0.25, -0.2) is 0 Å². The van der Waals surface area contributed by atoms with Crippen LogP contribution in [-0.2, 0) is 4.74 Å². The van der Waals surface area contributed by atoms with Gasteiger partial charge in [0, 0.05) is 32.6 Å². The van der Waals surface area contributed by atoms with E-state index in [2.05, 4.69) is 11.5 Å². The van der Waals surface area contributed by atoms with Crippen LogP contribution in [0.5, 0.6) is 11.5 Å². The molecule has 182 valence electrons. The third kappa shape index (κ3) is 6.02. The molecule has 2 aromatic carbocycles. The SMILES string of the molecule is C=C/C(=C\C=C(/C)OCCN1CCCCC1)C(=O)c1c(-c2ccc(O)cc2)sc2cc(O)ccc12. The number of carbonyl (C=O) groups is 1. The number of hydrogen-bond acceptors (Lipinski definition) is 6. The Labute approximate surface area is 210 Å². The number of ketones is 1. The highest BCUT2D eigenvalue weighted by Crippen LogP contribution is 2.41. The number of piperidine rings is 1. The van der Waals surface area contributed by atoms with Gasteiger partial charge in [-0.1, -0.05) is 19.1 Å². The van der Waals surface area contributed by atoms with Gasteiger partial charge in [0.15, 0.2) is 5.78 Å². The zero-order valence-electron chi connectivity index (χ0n) is 20.0. The van der Waals surface area contributed by atoms with Gasteiger partial charge in [0.2, 0.25) is 0 Å². The molecule has 0 unspecified atom stereocenters. The zero-order chi connectivity index (χ0) is 24.8. The van der Waals surface area contributed by atoms with E-state index in [0.29, 0.717) is 17.7 Å². The number of Topliss-reactive ketones (excluding diaryl/α,β-unsaturated/α-hetero) is 1. The molecule has 0 aliphatic carbocycles. The van der Waals surface area contributed by atoms with E-state index < -0.39 is 0 Å². The molecule has 1 aliphatic rings. The average molecular weight is 490 g/mol. The molecular formula is C29H31NO4S. The summed E-state index contributed by atoms with van der Waals surface area (Å²) in [5.41, 5.74) is 1.83. The highest BCUT2D eigenvalue weighted by atomic mass is 32.1. The minimum atomic E-state index is -0.155. The van der Waals surface area contributed by atoms with Crippen LogP contribution in [0.25, 0.3) is 20.5 Å². The van der Waals surface area contributed by atoms with Gasteiger partial charge < -0.3 is 14.9 Å². The van der Waals surface area contributed by atoms with Crippen molar-refractivity contribution in [3.63, 3.8) is 0 Å². The Hall–Kier alpha value is -3.35. The molecule has 1 aromatic heterocycles. The van der Waals surface area contributed by atoms with Crippen molar-refractivity contribution in [2.75, 3.05) is 26.2 Å². The molecule has 6 heteroatoms. The number of likely N-dealkylation sites (tertiary alicyclic amines) is 1. The van der Waals surface area contributed by atoms with Crippen molar-refractivity contribution in [2.24, 2.45) is 0 Å². The second kappa shape index (κ2) is 11.4. The van der Waals surface area contributed by atoms with E-state index in [4.69, 9.17) is 4.74 Å². The number of benzene rings is 2. The Balaban J connectivity index is 1.59. The molecule has 2 heterocycles. The Bertz CT molecular complexity index is 1260. The molecule has 0 atom stereocenters. The van der Waals surface area contributed by atoms with E-state index in [-0.39, 0.29) is 17.3 Å². The first-order valence-electron chi connectivity index (χ1n) is 11.9. The molecule has 1 aliphatic heterocycles. The number of phenolic OH excluding ortho intramolecular Hbond substituents is 2. The highest BCUT2D eigenvalue weighted by molar-refractivity contribution is 7.22. The van der Waals surface area contributed by atoms with E-state index >= 15 is 0 Å². The number of thiophene rings is 1. The van der Waals surface area contributed by atoms with Crippen LogP contribution in [-0.4, -0.2) is 47.1 Å². The first-order chi connectivity index (χ1) is 17.0. The second-order valence-electron chi connectivity index (χ2n) is 8.72. The molecule has 3 aromatic rings. The number of allylic oxidation sites excluding steroid dienone is 5. The summed E-state index contributed by atoms with van der Waals surface area (Å²) >= 11 is 1.43. The summed E-state index contributed by atoms with van der Waals surface area (Å²) in [5, 5.41) is 20.4. The minimum absolute atomic E-state index is 0.148. The van der Waals surface area contributed by atoms with Crippen molar-refractivity contribution in [2.45, 2.75) is 26.2 Å². The largest absolute Gasteiger partial charge is 0.508 e. The molecule has 1 fully saturated rings. The molecular weight excluding hydrogens is 458 g/mol. The molecule has 0 amide bonds. The molecule has 0 radical (unpaired) electrons. The van der Waals surface area contributed by atoms with Crippen LogP contribution in [0.1, 0.15) is 36.5 Å². The molecule has 4 rings (SSSR count). The van der Waals surface area contributed by atoms with Gasteiger partial charge >= 0.3 is 0 Å². The van der Waals surface area contributed by atoms with Crippen LogP contribution in [0.15, 0.2) is 78.6 Å². The van der Waals surface area contributed by atoms with Gasteiger partial charge in [-0.2, -0.15) is 0 Å². The first-order valence-corrected chi connectivity index (χ1v) is 12.7. The van der Waals surface area contributed by atoms with Gasteiger partial charge in [0.05, 0.1) is 5.76 Å². The Morgan fingerprint density at radius 3 is 2.49 bits per heavy atom. The number of phenols is 2. The van der Waals surface area contributed by atoms with E-state index in [1.165, 1.54) is 30.6 Å². The van der Waals surface area contributed by atoms with Crippen molar-refractivity contribution < 1.29 is 19.7 Å². The van der Waals surface area contributed by atoms with E-state index in [9.17, 15) is 15.0 Å². The van der Waals surface area contributed by atoms with Crippen LogP contribution < -0.4 is 0 Å². The van der Waals surface area contributed by atoms with Crippen LogP contribution in [0.4, 0.5) is 0 Å². The molecule has 0 spiro atoms. The lowest BCUT2D eigenvalue weighted by Gasteiger charge is -2.26. The molecule has 0 saturated carbocycles. The number of fused-ring (bicyclic) bond motifs is 1. The fourth-order valence-electron chi connectivity index (χ4n) is 4.28. The predicted octanol–water partition coefficient (Wildman–Crippen LogP) is 6.68. The van der Waals surface area contributed by atoms with Gasteiger partial charge in [-0.05, 0) is 93.0 Å². The van der Waals surface area contributed by atoms with E-state index in [1.54, 1.807) is 54.6 Å². The fourth-order valence-corrected chi connectivity index (χ4v) is 5.52. The van der Waals surface area contributed by atoms with E-state index in [0.717, 1.165) is 45.9 Å². The number of carbonyl (C=O) groups excluding carboxylic acids is 1. The lowest BCUT2D eigenvalue weighted by molar-refractivity contribution is 0.104. The lowest BCUT2D eigenvalue weighted by Crippen LogP contribution is -2.32. The van der Waals surface area contributed by atoms with Crippen molar-refractivity contribution in [1.82, 2.24) is 4.90 Å². The van der Waals surface area contributed by atoms with Crippen LogP contribution in [0.3, 0.4) is 0 Å². The summed E-state index contributed by atoms with van der Waals surface area (Å²) in [6.07, 6.45) is 8.94. The Kier molecular flexibility index (Phi) is 8.06. The monoisotopic (exact) mass is 489 g/mol. The normalized spacial score (nSPS) is 15.3. The first kappa shape index (κ1) is 24.8. The third-order valence-corrected chi connectivity index (χ3v) is 7.40. The number of nitrogens with zero attached hydrogens (tertiary/aromatic N) is 1. The number of ether oxygens (including phenoxy) is 1. The summed E-state index contributed by atoms with van der Waals surface area (Å²) in [4.78, 5) is 16.9. The van der Waals surface area contributed by atoms with Crippen molar-refractivity contribution in [1.29, 1.82) is 0 Å². The summed E-state index contributed by atoms with van der Waals surface area (Å²) < 4.78 is 6.69. The fraction of sp³-hybridized carbons (Fsp3) is 0.276. The maximum atomic E-state index is 13.7. The Morgan fingerprint density at radius 1 is 1.06 bits per heavy atom. The van der Waals surface area contributed by atoms with Crippen LogP contribution in [0.2, 0.25) is 0 Å². The third-order valence-electron chi connectivity index (χ3n) is 6.20. The van der Waals surface area contributed by atoms with Gasteiger partial charge in [-0.15, -0.1) is 11.3 Å².